The number of nitrogens with zero attached hydrogens (tertiary/aromatic N) is 1. The van der Waals surface area contributed by atoms with Gasteiger partial charge in [0.1, 0.15) is 0 Å². The molecule has 0 N–H and O–H groups in total. The van der Waals surface area contributed by atoms with Crippen LogP contribution in [0.4, 0.5) is 0 Å². The molecule has 0 amide bonds. The number of hydrogen-bond donors (Lipinski definition) is 0. The Morgan fingerprint density at radius 1 is 1.06 bits per heavy atom. The Hall–Kier alpha value is -0.690. The summed E-state index contributed by atoms with van der Waals surface area (Å²) in [4.78, 5) is 2.61. The SMILES string of the molecule is Cc1c(CCN2CCCC2)c(C)[c-](C)c1C. The third kappa shape index (κ3) is 2.06. The molecule has 1 aliphatic rings. The van der Waals surface area contributed by atoms with Crippen molar-refractivity contribution in [1.29, 1.82) is 0 Å². The zero-order valence-corrected chi connectivity index (χ0v) is 11.2. The van der Waals surface area contributed by atoms with E-state index in [1.807, 2.05) is 0 Å². The molecular formula is C15H24N-. The maximum atomic E-state index is 2.61. The fraction of sp³-hybridized carbons (Fsp3) is 0.667. The molecule has 1 aromatic rings. The molecule has 0 radical (unpaired) electrons. The zero-order chi connectivity index (χ0) is 11.7. The summed E-state index contributed by atoms with van der Waals surface area (Å²) in [5, 5.41) is 0. The van der Waals surface area contributed by atoms with Gasteiger partial charge >= 0.3 is 0 Å². The molecule has 90 valence electrons. The van der Waals surface area contributed by atoms with E-state index in [4.69, 9.17) is 0 Å². The molecule has 1 saturated heterocycles. The van der Waals surface area contributed by atoms with E-state index >= 15 is 0 Å². The Bertz CT molecular complexity index is 342. The topological polar surface area (TPSA) is 3.24 Å². The summed E-state index contributed by atoms with van der Waals surface area (Å²) < 4.78 is 0. The Morgan fingerprint density at radius 3 is 2.19 bits per heavy atom. The van der Waals surface area contributed by atoms with Gasteiger partial charge in [-0.3, -0.25) is 0 Å². The van der Waals surface area contributed by atoms with Gasteiger partial charge in [-0.1, -0.05) is 34.1 Å². The largest absolute Gasteiger partial charge is 0.304 e. The van der Waals surface area contributed by atoms with E-state index in [0.29, 0.717) is 0 Å². The molecule has 0 saturated carbocycles. The van der Waals surface area contributed by atoms with Crippen LogP contribution < -0.4 is 0 Å². The molecule has 1 aromatic carbocycles. The van der Waals surface area contributed by atoms with Crippen molar-refractivity contribution in [2.45, 2.75) is 47.0 Å². The Labute approximate surface area is 99.8 Å². The number of hydrogen-bond acceptors (Lipinski definition) is 1. The molecule has 16 heavy (non-hydrogen) atoms. The van der Waals surface area contributed by atoms with E-state index in [0.717, 1.165) is 0 Å². The van der Waals surface area contributed by atoms with Crippen LogP contribution in [0, 0.1) is 27.7 Å². The van der Waals surface area contributed by atoms with Crippen LogP contribution in [0.3, 0.4) is 0 Å². The molecule has 1 fully saturated rings. The maximum Gasteiger partial charge on any atom is -0.00186 e. The fourth-order valence-corrected chi connectivity index (χ4v) is 2.95. The summed E-state index contributed by atoms with van der Waals surface area (Å²) >= 11 is 0. The highest BCUT2D eigenvalue weighted by molar-refractivity contribution is 5.49. The molecule has 1 nitrogen and oxygen atoms in total. The van der Waals surface area contributed by atoms with Gasteiger partial charge in [0.05, 0.1) is 0 Å². The lowest BCUT2D eigenvalue weighted by Gasteiger charge is -2.19. The van der Waals surface area contributed by atoms with Crippen molar-refractivity contribution in [1.82, 2.24) is 4.90 Å². The molecule has 0 aliphatic carbocycles. The van der Waals surface area contributed by atoms with Crippen LogP contribution in [0.5, 0.6) is 0 Å². The minimum Gasteiger partial charge on any atom is -0.304 e. The smallest absolute Gasteiger partial charge is 0.00186 e. The summed E-state index contributed by atoms with van der Waals surface area (Å²) in [6.07, 6.45) is 4.04. The highest BCUT2D eigenvalue weighted by atomic mass is 15.1. The van der Waals surface area contributed by atoms with Crippen LogP contribution in [0.15, 0.2) is 0 Å². The second kappa shape index (κ2) is 4.67. The molecule has 2 rings (SSSR count). The van der Waals surface area contributed by atoms with Crippen molar-refractivity contribution < 1.29 is 0 Å². The molecule has 0 aromatic heterocycles. The highest BCUT2D eigenvalue weighted by Crippen LogP contribution is 2.26. The summed E-state index contributed by atoms with van der Waals surface area (Å²) in [6, 6.07) is 0. The molecular weight excluding hydrogens is 194 g/mol. The average molecular weight is 218 g/mol. The Balaban J connectivity index is 2.06. The Kier molecular flexibility index (Phi) is 3.44. The highest BCUT2D eigenvalue weighted by Gasteiger charge is 2.11. The Morgan fingerprint density at radius 2 is 1.69 bits per heavy atom. The molecule has 1 heteroatoms. The lowest BCUT2D eigenvalue weighted by Crippen LogP contribution is -2.22. The molecule has 0 atom stereocenters. The predicted molar refractivity (Wildman–Crippen MR) is 70.4 cm³/mol. The van der Waals surface area contributed by atoms with Gasteiger partial charge in [0.2, 0.25) is 0 Å². The van der Waals surface area contributed by atoms with Crippen LogP contribution in [-0.4, -0.2) is 24.5 Å². The van der Waals surface area contributed by atoms with Crippen molar-refractivity contribution in [3.05, 3.63) is 27.8 Å². The zero-order valence-electron chi connectivity index (χ0n) is 11.2. The number of likely N-dealkylation sites (tertiary alicyclic amines) is 1. The fourth-order valence-electron chi connectivity index (χ4n) is 2.95. The standard InChI is InChI=1S/C15H24N/c1-11-12(2)14(4)15(13(11)3)7-10-16-8-5-6-9-16/h5-10H2,1-4H3/q-1. The summed E-state index contributed by atoms with van der Waals surface area (Å²) in [5.74, 6) is 0. The lowest BCUT2D eigenvalue weighted by atomic mass is 10.1. The van der Waals surface area contributed by atoms with Gasteiger partial charge in [-0.25, -0.2) is 0 Å². The van der Waals surface area contributed by atoms with Crippen LogP contribution in [0.25, 0.3) is 0 Å². The molecule has 1 heterocycles. The first-order chi connectivity index (χ1) is 7.61. The van der Waals surface area contributed by atoms with Gasteiger partial charge in [-0.05, 0) is 32.5 Å². The van der Waals surface area contributed by atoms with E-state index in [-0.39, 0.29) is 0 Å². The summed E-state index contributed by atoms with van der Waals surface area (Å²) in [6.45, 7) is 13.0. The van der Waals surface area contributed by atoms with Gasteiger partial charge in [0.15, 0.2) is 0 Å². The van der Waals surface area contributed by atoms with E-state index in [2.05, 4.69) is 32.6 Å². The van der Waals surface area contributed by atoms with E-state index in [1.54, 1.807) is 5.56 Å². The van der Waals surface area contributed by atoms with Gasteiger partial charge in [0.25, 0.3) is 0 Å². The molecule has 1 aliphatic heterocycles. The summed E-state index contributed by atoms with van der Waals surface area (Å²) in [5.41, 5.74) is 7.70. The van der Waals surface area contributed by atoms with Crippen molar-refractivity contribution >= 4 is 0 Å². The predicted octanol–water partition coefficient (Wildman–Crippen LogP) is 3.28. The third-order valence-electron chi connectivity index (χ3n) is 4.47. The van der Waals surface area contributed by atoms with Gasteiger partial charge < -0.3 is 4.90 Å². The van der Waals surface area contributed by atoms with Crippen molar-refractivity contribution in [3.63, 3.8) is 0 Å². The van der Waals surface area contributed by atoms with Crippen molar-refractivity contribution in [2.75, 3.05) is 19.6 Å². The minimum atomic E-state index is 1.24. The normalized spacial score (nSPS) is 17.2. The first-order valence-corrected chi connectivity index (χ1v) is 6.55. The first-order valence-electron chi connectivity index (χ1n) is 6.55. The number of rotatable bonds is 3. The van der Waals surface area contributed by atoms with Gasteiger partial charge in [0, 0.05) is 0 Å². The van der Waals surface area contributed by atoms with Crippen molar-refractivity contribution in [2.24, 2.45) is 0 Å². The van der Waals surface area contributed by atoms with E-state index in [1.165, 1.54) is 61.2 Å². The van der Waals surface area contributed by atoms with E-state index < -0.39 is 0 Å². The quantitative estimate of drug-likeness (QED) is 0.704. The lowest BCUT2D eigenvalue weighted by molar-refractivity contribution is 0.343. The van der Waals surface area contributed by atoms with Crippen molar-refractivity contribution in [3.8, 4) is 0 Å². The van der Waals surface area contributed by atoms with Crippen LogP contribution in [0.2, 0.25) is 0 Å². The third-order valence-corrected chi connectivity index (χ3v) is 4.47. The average Bonchev–Trinajstić information content (AvgIpc) is 2.84. The monoisotopic (exact) mass is 218 g/mol. The summed E-state index contributed by atoms with van der Waals surface area (Å²) in [7, 11) is 0. The maximum absolute atomic E-state index is 2.61. The van der Waals surface area contributed by atoms with Crippen LogP contribution in [0.1, 0.15) is 40.7 Å². The van der Waals surface area contributed by atoms with E-state index in [9.17, 15) is 0 Å². The first kappa shape index (κ1) is 11.8. The molecule has 0 bridgehead atoms. The molecule has 0 unspecified atom stereocenters. The van der Waals surface area contributed by atoms with Gasteiger partial charge in [-0.2, -0.15) is 27.8 Å². The molecule has 0 spiro atoms. The van der Waals surface area contributed by atoms with Crippen LogP contribution in [-0.2, 0) is 6.42 Å². The van der Waals surface area contributed by atoms with Crippen LogP contribution >= 0.6 is 0 Å². The minimum absolute atomic E-state index is 1.24. The second-order valence-electron chi connectivity index (χ2n) is 5.28. The van der Waals surface area contributed by atoms with Gasteiger partial charge in [-0.15, -0.1) is 0 Å². The second-order valence-corrected chi connectivity index (χ2v) is 5.28.